The zero-order valence-electron chi connectivity index (χ0n) is 18.0. The van der Waals surface area contributed by atoms with E-state index in [1.165, 1.54) is 11.8 Å². The van der Waals surface area contributed by atoms with Crippen molar-refractivity contribution < 1.29 is 14.3 Å². The van der Waals surface area contributed by atoms with Gasteiger partial charge in [-0.3, -0.25) is 15.0 Å². The molecule has 0 unspecified atom stereocenters. The van der Waals surface area contributed by atoms with Crippen LogP contribution in [0.1, 0.15) is 39.7 Å². The zero-order chi connectivity index (χ0) is 21.8. The van der Waals surface area contributed by atoms with Gasteiger partial charge < -0.3 is 20.3 Å². The molecule has 1 heterocycles. The summed E-state index contributed by atoms with van der Waals surface area (Å²) in [5.41, 5.74) is 7.92. The van der Waals surface area contributed by atoms with Gasteiger partial charge >= 0.3 is 0 Å². The van der Waals surface area contributed by atoms with E-state index in [-0.39, 0.29) is 23.6 Å². The van der Waals surface area contributed by atoms with Crippen molar-refractivity contribution in [1.82, 2.24) is 9.80 Å². The molecule has 2 rings (SSSR count). The largest absolute Gasteiger partial charge is 0.491 e. The number of nitrogens with zero attached hydrogens (tertiary/aromatic N) is 2. The maximum Gasteiger partial charge on any atom is 0.271 e. The zero-order valence-corrected chi connectivity index (χ0v) is 18.0. The lowest BCUT2D eigenvalue weighted by Gasteiger charge is -2.29. The van der Waals surface area contributed by atoms with Crippen molar-refractivity contribution in [2.24, 2.45) is 5.73 Å². The van der Waals surface area contributed by atoms with Gasteiger partial charge in [0.05, 0.1) is 13.1 Å². The first-order valence-corrected chi connectivity index (χ1v) is 9.82. The molecule has 3 N–H and O–H groups in total. The quantitative estimate of drug-likeness (QED) is 0.716. The van der Waals surface area contributed by atoms with Gasteiger partial charge in [-0.1, -0.05) is 39.0 Å². The summed E-state index contributed by atoms with van der Waals surface area (Å²) in [6, 6.07) is 7.89. The van der Waals surface area contributed by atoms with E-state index in [2.05, 4.69) is 20.8 Å². The van der Waals surface area contributed by atoms with Crippen LogP contribution in [-0.4, -0.2) is 60.6 Å². The number of nitrogens with two attached hydrogens (primary N) is 1. The minimum atomic E-state index is -0.396. The molecule has 0 saturated heterocycles. The molecule has 0 saturated carbocycles. The molecule has 29 heavy (non-hydrogen) atoms. The van der Waals surface area contributed by atoms with E-state index >= 15 is 0 Å². The van der Waals surface area contributed by atoms with Gasteiger partial charge in [-0.2, -0.15) is 0 Å². The van der Waals surface area contributed by atoms with Crippen LogP contribution in [-0.2, 0) is 15.0 Å². The van der Waals surface area contributed by atoms with E-state index in [0.717, 1.165) is 11.3 Å². The highest BCUT2D eigenvalue weighted by Gasteiger charge is 2.26. The highest BCUT2D eigenvalue weighted by molar-refractivity contribution is 6.44. The van der Waals surface area contributed by atoms with Gasteiger partial charge in [0.15, 0.2) is 0 Å². The van der Waals surface area contributed by atoms with E-state index < -0.39 is 5.91 Å². The molecule has 1 aliphatic rings. The number of carbonyl (C=O) groups excluding carboxylic acids is 2. The molecule has 0 fully saturated rings. The predicted octanol–water partition coefficient (Wildman–Crippen LogP) is 2.31. The maximum absolute atomic E-state index is 12.6. The van der Waals surface area contributed by atoms with Gasteiger partial charge in [0, 0.05) is 31.8 Å². The lowest BCUT2D eigenvalue weighted by atomic mass is 9.86. The van der Waals surface area contributed by atoms with Crippen LogP contribution in [0.5, 0.6) is 5.75 Å². The summed E-state index contributed by atoms with van der Waals surface area (Å²) in [7, 11) is 1.65. The van der Waals surface area contributed by atoms with Crippen molar-refractivity contribution in [3.8, 4) is 5.75 Å². The average Bonchev–Trinajstić information content (AvgIpc) is 2.66. The second-order valence-corrected chi connectivity index (χ2v) is 8.39. The van der Waals surface area contributed by atoms with Gasteiger partial charge in [0.25, 0.3) is 5.91 Å². The second-order valence-electron chi connectivity index (χ2n) is 8.39. The fraction of sp³-hybridized carbons (Fsp3) is 0.500. The Hall–Kier alpha value is -2.83. The molecule has 7 heteroatoms. The fourth-order valence-corrected chi connectivity index (χ4v) is 3.27. The summed E-state index contributed by atoms with van der Waals surface area (Å²) >= 11 is 0. The van der Waals surface area contributed by atoms with Crippen LogP contribution < -0.4 is 10.5 Å². The first kappa shape index (κ1) is 22.5. The van der Waals surface area contributed by atoms with Crippen LogP contribution >= 0.6 is 0 Å². The lowest BCUT2D eigenvalue weighted by Crippen LogP contribution is -2.42. The third kappa shape index (κ3) is 5.59. The molecule has 0 radical (unpaired) electrons. The molecule has 0 spiro atoms. The molecule has 0 atom stereocenters. The number of carbonyl (C=O) groups is 2. The minimum absolute atomic E-state index is 0.0425. The topological polar surface area (TPSA) is 99.7 Å². The first-order chi connectivity index (χ1) is 13.5. The number of para-hydroxylation sites is 1. The van der Waals surface area contributed by atoms with Gasteiger partial charge in [0.1, 0.15) is 18.1 Å². The second kappa shape index (κ2) is 9.11. The molecule has 158 valence electrons. The Morgan fingerprint density at radius 1 is 1.28 bits per heavy atom. The number of rotatable bonds is 6. The minimum Gasteiger partial charge on any atom is -0.491 e. The van der Waals surface area contributed by atoms with Crippen molar-refractivity contribution in [1.29, 1.82) is 5.41 Å². The summed E-state index contributed by atoms with van der Waals surface area (Å²) in [5, 5.41) is 8.27. The number of hydrogen-bond donors (Lipinski definition) is 2. The summed E-state index contributed by atoms with van der Waals surface area (Å²) in [6.07, 6.45) is 0.416. The molecule has 7 nitrogen and oxygen atoms in total. The van der Waals surface area contributed by atoms with Crippen LogP contribution in [0.25, 0.3) is 0 Å². The van der Waals surface area contributed by atoms with Crippen LogP contribution in [0.2, 0.25) is 0 Å². The van der Waals surface area contributed by atoms with E-state index in [0.29, 0.717) is 37.4 Å². The number of hydrogen-bond acceptors (Lipinski definition) is 5. The summed E-state index contributed by atoms with van der Waals surface area (Å²) < 4.78 is 5.93. The van der Waals surface area contributed by atoms with Crippen molar-refractivity contribution in [3.05, 3.63) is 41.1 Å². The Kier molecular flexibility index (Phi) is 7.06. The number of likely N-dealkylation sites (N-methyl/N-ethyl adjacent to an activating group) is 1. The third-order valence-electron chi connectivity index (χ3n) is 5.07. The van der Waals surface area contributed by atoms with E-state index in [1.807, 2.05) is 24.3 Å². The van der Waals surface area contributed by atoms with Gasteiger partial charge in [-0.05, 0) is 23.5 Å². The maximum atomic E-state index is 12.6. The van der Waals surface area contributed by atoms with Crippen molar-refractivity contribution in [3.63, 3.8) is 0 Å². The Balaban J connectivity index is 1.96. The lowest BCUT2D eigenvalue weighted by molar-refractivity contribution is -0.128. The standard InChI is InChI=1S/C22H32N4O3/c1-15(27)26-11-10-16(18(23)14-26)20(24)21(28)25(5)12-13-29-19-9-7-6-8-17(19)22(2,3)4/h6-9,24H,10-14,23H2,1-5H3. The van der Waals surface area contributed by atoms with Crippen molar-refractivity contribution >= 4 is 17.5 Å². The molecule has 0 bridgehead atoms. The van der Waals surface area contributed by atoms with Crippen molar-refractivity contribution in [2.75, 3.05) is 33.3 Å². The fourth-order valence-electron chi connectivity index (χ4n) is 3.27. The molecule has 0 aliphatic carbocycles. The van der Waals surface area contributed by atoms with Gasteiger partial charge in [0.2, 0.25) is 5.91 Å². The van der Waals surface area contributed by atoms with Crippen LogP contribution in [0.15, 0.2) is 35.5 Å². The summed E-state index contributed by atoms with van der Waals surface area (Å²) in [4.78, 5) is 27.2. The number of nitrogens with one attached hydrogen (secondary N) is 1. The molecule has 1 aromatic carbocycles. The van der Waals surface area contributed by atoms with Gasteiger partial charge in [-0.15, -0.1) is 0 Å². The smallest absolute Gasteiger partial charge is 0.271 e. The highest BCUT2D eigenvalue weighted by Crippen LogP contribution is 2.30. The number of amides is 2. The normalized spacial score (nSPS) is 14.6. The molecule has 1 aromatic rings. The predicted molar refractivity (Wildman–Crippen MR) is 114 cm³/mol. The van der Waals surface area contributed by atoms with Crippen molar-refractivity contribution in [2.45, 2.75) is 39.5 Å². The van der Waals surface area contributed by atoms with E-state index in [4.69, 9.17) is 15.9 Å². The SMILES string of the molecule is CC(=O)N1CCC(C(=N)C(=O)N(C)CCOc2ccccc2C(C)(C)C)=C(N)C1. The molecule has 0 aromatic heterocycles. The van der Waals surface area contributed by atoms with E-state index in [9.17, 15) is 9.59 Å². The Bertz CT molecular complexity index is 824. The van der Waals surface area contributed by atoms with Crippen LogP contribution in [0, 0.1) is 5.41 Å². The van der Waals surface area contributed by atoms with Crippen LogP contribution in [0.4, 0.5) is 0 Å². The van der Waals surface area contributed by atoms with E-state index in [1.54, 1.807) is 11.9 Å². The summed E-state index contributed by atoms with van der Waals surface area (Å²) in [6.45, 7) is 9.28. The monoisotopic (exact) mass is 400 g/mol. The summed E-state index contributed by atoms with van der Waals surface area (Å²) in [5.74, 6) is 0.348. The Labute approximate surface area is 173 Å². The molecule has 2 amide bonds. The Morgan fingerprint density at radius 3 is 2.52 bits per heavy atom. The molecular weight excluding hydrogens is 368 g/mol. The Morgan fingerprint density at radius 2 is 1.93 bits per heavy atom. The number of benzene rings is 1. The third-order valence-corrected chi connectivity index (χ3v) is 5.07. The van der Waals surface area contributed by atoms with Gasteiger partial charge in [-0.25, -0.2) is 0 Å². The first-order valence-electron chi connectivity index (χ1n) is 9.82. The molecular formula is C22H32N4O3. The average molecular weight is 401 g/mol. The number of ether oxygens (including phenoxy) is 1. The van der Waals surface area contributed by atoms with Crippen LogP contribution in [0.3, 0.4) is 0 Å². The molecule has 1 aliphatic heterocycles. The highest BCUT2D eigenvalue weighted by atomic mass is 16.5.